The van der Waals surface area contributed by atoms with Crippen molar-refractivity contribution in [3.63, 3.8) is 0 Å². The first-order chi connectivity index (χ1) is 19.4. The number of carbonyl (C=O) groups excluding carboxylic acids is 2. The van der Waals surface area contributed by atoms with Gasteiger partial charge in [-0.1, -0.05) is 12.1 Å². The molecule has 0 radical (unpaired) electrons. The number of benzene rings is 1. The van der Waals surface area contributed by atoms with Crippen molar-refractivity contribution in [1.29, 1.82) is 0 Å². The predicted octanol–water partition coefficient (Wildman–Crippen LogP) is 5.91. The molecule has 1 aromatic carbocycles. The average Bonchev–Trinajstić information content (AvgIpc) is 3.08. The van der Waals surface area contributed by atoms with Crippen LogP contribution in [0.1, 0.15) is 59.1 Å². The Labute approximate surface area is 241 Å². The lowest BCUT2D eigenvalue weighted by Gasteiger charge is -2.32. The van der Waals surface area contributed by atoms with Gasteiger partial charge >= 0.3 is 12.2 Å². The number of nitrogens with zero attached hydrogens (tertiary/aromatic N) is 4. The van der Waals surface area contributed by atoms with Crippen molar-refractivity contribution >= 4 is 35.0 Å². The smallest absolute Gasteiger partial charge is 0.420 e. The highest BCUT2D eigenvalue weighted by Crippen LogP contribution is 2.43. The SMILES string of the molecule is CC(C)(C)OC(=O)N1CCC=C(c2ccc3c(c2)N(C(=O)OC(C)(C)C)c2nccc(N4CCOCC4)c2CO3)C1. The molecule has 0 atom stereocenters. The van der Waals surface area contributed by atoms with Gasteiger partial charge in [0.2, 0.25) is 0 Å². The van der Waals surface area contributed by atoms with Crippen molar-refractivity contribution in [2.24, 2.45) is 0 Å². The minimum Gasteiger partial charge on any atom is -0.486 e. The topological polar surface area (TPSA) is 93.7 Å². The highest BCUT2D eigenvalue weighted by atomic mass is 16.6. The zero-order valence-electron chi connectivity index (χ0n) is 24.9. The highest BCUT2D eigenvalue weighted by Gasteiger charge is 2.35. The maximum Gasteiger partial charge on any atom is 0.420 e. The summed E-state index contributed by atoms with van der Waals surface area (Å²) in [5, 5.41) is 0. The molecule has 0 saturated carbocycles. The number of hydrogen-bond donors (Lipinski definition) is 0. The van der Waals surface area contributed by atoms with E-state index < -0.39 is 17.3 Å². The number of ether oxygens (including phenoxy) is 4. The third-order valence-corrected chi connectivity index (χ3v) is 6.89. The molecule has 1 fully saturated rings. The quantitative estimate of drug-likeness (QED) is 0.445. The molecule has 2 aromatic rings. The lowest BCUT2D eigenvalue weighted by molar-refractivity contribution is 0.0272. The van der Waals surface area contributed by atoms with Gasteiger partial charge < -0.3 is 28.7 Å². The summed E-state index contributed by atoms with van der Waals surface area (Å²) in [7, 11) is 0. The van der Waals surface area contributed by atoms with Crippen LogP contribution in [0.25, 0.3) is 5.57 Å². The molecule has 5 rings (SSSR count). The lowest BCUT2D eigenvalue weighted by atomic mass is 10.00. The van der Waals surface area contributed by atoms with Gasteiger partial charge in [0.15, 0.2) is 5.82 Å². The van der Waals surface area contributed by atoms with Crippen molar-refractivity contribution in [2.75, 3.05) is 49.2 Å². The highest BCUT2D eigenvalue weighted by molar-refractivity contribution is 5.99. The summed E-state index contributed by atoms with van der Waals surface area (Å²) >= 11 is 0. The van der Waals surface area contributed by atoms with Crippen LogP contribution in [0, 0.1) is 0 Å². The molecule has 0 N–H and O–H groups in total. The van der Waals surface area contributed by atoms with Crippen LogP contribution in [-0.4, -0.2) is 72.7 Å². The Morgan fingerprint density at radius 3 is 2.32 bits per heavy atom. The van der Waals surface area contributed by atoms with Gasteiger partial charge in [0, 0.05) is 38.1 Å². The number of aromatic nitrogens is 1. The number of morpholine rings is 1. The minimum absolute atomic E-state index is 0.247. The van der Waals surface area contributed by atoms with E-state index in [-0.39, 0.29) is 12.7 Å². The Kier molecular flexibility index (Phi) is 7.87. The van der Waals surface area contributed by atoms with Crippen molar-refractivity contribution in [3.8, 4) is 5.75 Å². The number of anilines is 3. The van der Waals surface area contributed by atoms with Crippen LogP contribution in [0.5, 0.6) is 5.75 Å². The van der Waals surface area contributed by atoms with Crippen LogP contribution in [0.4, 0.5) is 26.8 Å². The van der Waals surface area contributed by atoms with Crippen LogP contribution in [-0.2, 0) is 20.8 Å². The van der Waals surface area contributed by atoms with Crippen molar-refractivity contribution < 1.29 is 28.5 Å². The summed E-state index contributed by atoms with van der Waals surface area (Å²) in [5.74, 6) is 1.03. The Bertz CT molecular complexity index is 1340. The molecular formula is C31H40N4O6. The molecule has 0 unspecified atom stereocenters. The zero-order chi connectivity index (χ0) is 29.4. The standard InChI is InChI=1S/C31H40N4O6/c1-30(2,3)40-28(36)34-13-7-8-22(19-34)21-9-10-26-25(18-21)35(29(37)41-31(4,5)6)27-23(20-39-26)24(11-12-32-27)33-14-16-38-17-15-33/h8-12,18H,7,13-17,19-20H2,1-6H3. The Hall–Kier alpha value is -3.79. The summed E-state index contributed by atoms with van der Waals surface area (Å²) in [5.41, 5.74) is 2.86. The fourth-order valence-electron chi connectivity index (χ4n) is 5.11. The number of pyridine rings is 1. The van der Waals surface area contributed by atoms with Gasteiger partial charge in [-0.25, -0.2) is 19.5 Å². The predicted molar refractivity (Wildman–Crippen MR) is 157 cm³/mol. The molecule has 0 spiro atoms. The van der Waals surface area contributed by atoms with E-state index in [1.165, 1.54) is 4.90 Å². The molecule has 1 saturated heterocycles. The number of rotatable bonds is 2. The van der Waals surface area contributed by atoms with Crippen LogP contribution in [0.2, 0.25) is 0 Å². The summed E-state index contributed by atoms with van der Waals surface area (Å²) < 4.78 is 23.4. The van der Waals surface area contributed by atoms with Gasteiger partial charge in [-0.2, -0.15) is 0 Å². The summed E-state index contributed by atoms with van der Waals surface area (Å²) in [6.45, 7) is 15.1. The van der Waals surface area contributed by atoms with E-state index in [4.69, 9.17) is 18.9 Å². The first kappa shape index (κ1) is 28.7. The third-order valence-electron chi connectivity index (χ3n) is 6.89. The van der Waals surface area contributed by atoms with Crippen LogP contribution >= 0.6 is 0 Å². The van der Waals surface area contributed by atoms with Crippen LogP contribution in [0.3, 0.4) is 0 Å². The van der Waals surface area contributed by atoms with Gasteiger partial charge in [-0.05, 0) is 77.3 Å². The number of carbonyl (C=O) groups is 2. The van der Waals surface area contributed by atoms with E-state index in [1.807, 2.05) is 65.8 Å². The Morgan fingerprint density at radius 2 is 1.61 bits per heavy atom. The van der Waals surface area contributed by atoms with Crippen molar-refractivity contribution in [1.82, 2.24) is 9.88 Å². The molecule has 3 aliphatic rings. The normalized spacial score (nSPS) is 17.5. The molecule has 10 heteroatoms. The Morgan fingerprint density at radius 1 is 0.902 bits per heavy atom. The average molecular weight is 565 g/mol. The van der Waals surface area contributed by atoms with Gasteiger partial charge in [0.05, 0.1) is 24.5 Å². The lowest BCUT2D eigenvalue weighted by Crippen LogP contribution is -2.39. The van der Waals surface area contributed by atoms with E-state index in [0.29, 0.717) is 50.0 Å². The molecule has 0 bridgehead atoms. The number of amides is 2. The maximum atomic E-state index is 13.8. The number of fused-ring (bicyclic) bond motifs is 2. The van der Waals surface area contributed by atoms with E-state index in [2.05, 4.69) is 16.0 Å². The number of hydrogen-bond acceptors (Lipinski definition) is 8. The molecule has 41 heavy (non-hydrogen) atoms. The largest absolute Gasteiger partial charge is 0.486 e. The summed E-state index contributed by atoms with van der Waals surface area (Å²) in [4.78, 5) is 36.8. The van der Waals surface area contributed by atoms with Crippen LogP contribution in [0.15, 0.2) is 36.5 Å². The molecule has 3 aliphatic heterocycles. The van der Waals surface area contributed by atoms with E-state index >= 15 is 0 Å². The van der Waals surface area contributed by atoms with E-state index in [9.17, 15) is 9.59 Å². The first-order valence-electron chi connectivity index (χ1n) is 14.2. The molecular weight excluding hydrogens is 524 g/mol. The Balaban J connectivity index is 1.54. The molecule has 0 aliphatic carbocycles. The summed E-state index contributed by atoms with van der Waals surface area (Å²) in [6.07, 6.45) is 3.66. The second-order valence-corrected chi connectivity index (χ2v) is 12.4. The fourth-order valence-corrected chi connectivity index (χ4v) is 5.11. The molecule has 2 amide bonds. The maximum absolute atomic E-state index is 13.8. The zero-order valence-corrected chi connectivity index (χ0v) is 24.9. The van der Waals surface area contributed by atoms with Gasteiger partial charge in [-0.3, -0.25) is 0 Å². The van der Waals surface area contributed by atoms with Crippen LogP contribution < -0.4 is 14.5 Å². The van der Waals surface area contributed by atoms with E-state index in [1.54, 1.807) is 11.1 Å². The monoisotopic (exact) mass is 564 g/mol. The molecule has 1 aromatic heterocycles. The minimum atomic E-state index is -0.718. The van der Waals surface area contributed by atoms with Gasteiger partial charge in [-0.15, -0.1) is 0 Å². The third kappa shape index (κ3) is 6.59. The molecule has 10 nitrogen and oxygen atoms in total. The summed E-state index contributed by atoms with van der Waals surface area (Å²) in [6, 6.07) is 7.71. The van der Waals surface area contributed by atoms with Crippen molar-refractivity contribution in [3.05, 3.63) is 47.7 Å². The van der Waals surface area contributed by atoms with Crippen molar-refractivity contribution in [2.45, 2.75) is 65.8 Å². The molecule has 220 valence electrons. The second kappa shape index (κ2) is 11.2. The second-order valence-electron chi connectivity index (χ2n) is 12.4. The van der Waals surface area contributed by atoms with E-state index in [0.717, 1.165) is 35.5 Å². The first-order valence-corrected chi connectivity index (χ1v) is 14.2. The fraction of sp³-hybridized carbons (Fsp3) is 0.516. The molecule has 4 heterocycles. The van der Waals surface area contributed by atoms with Gasteiger partial charge in [0.1, 0.15) is 23.6 Å². The van der Waals surface area contributed by atoms with Gasteiger partial charge in [0.25, 0.3) is 0 Å².